The molecule has 2 atom stereocenters. The number of benzene rings is 2. The number of carbonyl (C=O) groups is 2. The van der Waals surface area contributed by atoms with Crippen molar-refractivity contribution in [2.75, 3.05) is 25.1 Å². The lowest BCUT2D eigenvalue weighted by molar-refractivity contribution is 0.0995. The van der Waals surface area contributed by atoms with Crippen molar-refractivity contribution in [3.8, 4) is 11.5 Å². The highest BCUT2D eigenvalue weighted by molar-refractivity contribution is 5.90. The molecule has 32 heavy (non-hydrogen) atoms. The molecule has 2 heterocycles. The predicted molar refractivity (Wildman–Crippen MR) is 117 cm³/mol. The number of nitrogens with one attached hydrogen (secondary N) is 2. The van der Waals surface area contributed by atoms with Crippen molar-refractivity contribution in [1.82, 2.24) is 20.3 Å². The molecule has 10 nitrogen and oxygen atoms in total. The van der Waals surface area contributed by atoms with E-state index in [1.807, 2.05) is 31.2 Å². The Morgan fingerprint density at radius 3 is 2.72 bits per heavy atom. The molecule has 0 saturated carbocycles. The molecule has 1 aliphatic heterocycles. The number of amides is 3. The summed E-state index contributed by atoms with van der Waals surface area (Å²) in [6.45, 7) is 3.25. The maximum absolute atomic E-state index is 12.3. The molecule has 1 aliphatic rings. The summed E-state index contributed by atoms with van der Waals surface area (Å²) >= 11 is 0. The van der Waals surface area contributed by atoms with E-state index in [-0.39, 0.29) is 23.7 Å². The molecule has 0 unspecified atom stereocenters. The Hall–Kier alpha value is -3.92. The van der Waals surface area contributed by atoms with Crippen molar-refractivity contribution in [2.45, 2.75) is 13.0 Å². The van der Waals surface area contributed by atoms with Gasteiger partial charge in [0.05, 0.1) is 25.5 Å². The molecule has 0 aliphatic carbocycles. The SMILES string of the molecule is Cc1cccc(Oc2ccc(NC(=O)NC[C@@H]3COC[C@H]3n3cc(C(N)=O)nn3)cc2)c1. The fraction of sp³-hybridized carbons (Fsp3) is 0.273. The van der Waals surface area contributed by atoms with Gasteiger partial charge >= 0.3 is 6.03 Å². The van der Waals surface area contributed by atoms with Gasteiger partial charge in [-0.2, -0.15) is 0 Å². The number of anilines is 1. The van der Waals surface area contributed by atoms with Gasteiger partial charge in [-0.05, 0) is 48.9 Å². The first-order valence-corrected chi connectivity index (χ1v) is 10.2. The smallest absolute Gasteiger partial charge is 0.319 e. The van der Waals surface area contributed by atoms with Crippen LogP contribution in [0.4, 0.5) is 10.5 Å². The molecule has 1 aromatic heterocycles. The lowest BCUT2D eigenvalue weighted by Crippen LogP contribution is -2.36. The van der Waals surface area contributed by atoms with Crippen molar-refractivity contribution in [2.24, 2.45) is 11.7 Å². The number of nitrogens with two attached hydrogens (primary N) is 1. The first-order valence-electron chi connectivity index (χ1n) is 10.2. The number of aromatic nitrogens is 3. The number of primary amides is 1. The van der Waals surface area contributed by atoms with E-state index >= 15 is 0 Å². The minimum Gasteiger partial charge on any atom is -0.457 e. The van der Waals surface area contributed by atoms with E-state index in [1.54, 1.807) is 28.9 Å². The lowest BCUT2D eigenvalue weighted by Gasteiger charge is -2.18. The highest BCUT2D eigenvalue weighted by atomic mass is 16.5. The van der Waals surface area contributed by atoms with E-state index in [2.05, 4.69) is 20.9 Å². The Balaban J connectivity index is 1.28. The Morgan fingerprint density at radius 1 is 1.19 bits per heavy atom. The molecule has 1 saturated heterocycles. The van der Waals surface area contributed by atoms with Gasteiger partial charge in [0.2, 0.25) is 0 Å². The van der Waals surface area contributed by atoms with Gasteiger partial charge in [0.1, 0.15) is 11.5 Å². The van der Waals surface area contributed by atoms with E-state index in [0.717, 1.165) is 11.3 Å². The zero-order chi connectivity index (χ0) is 22.5. The van der Waals surface area contributed by atoms with E-state index in [9.17, 15) is 9.59 Å². The zero-order valence-electron chi connectivity index (χ0n) is 17.5. The Bertz CT molecular complexity index is 1100. The molecule has 3 amide bonds. The quantitative estimate of drug-likeness (QED) is 0.521. The Labute approximate surface area is 184 Å². The number of hydrogen-bond acceptors (Lipinski definition) is 6. The third-order valence-electron chi connectivity index (χ3n) is 5.13. The molecule has 2 aromatic carbocycles. The third-order valence-corrected chi connectivity index (χ3v) is 5.13. The molecular formula is C22H24N6O4. The van der Waals surface area contributed by atoms with Gasteiger partial charge in [-0.25, -0.2) is 9.48 Å². The van der Waals surface area contributed by atoms with Gasteiger partial charge in [-0.3, -0.25) is 4.79 Å². The van der Waals surface area contributed by atoms with Gasteiger partial charge in [0.25, 0.3) is 5.91 Å². The summed E-state index contributed by atoms with van der Waals surface area (Å²) in [5, 5.41) is 13.4. The zero-order valence-corrected chi connectivity index (χ0v) is 17.5. The maximum atomic E-state index is 12.3. The van der Waals surface area contributed by atoms with Crippen molar-refractivity contribution in [1.29, 1.82) is 0 Å². The van der Waals surface area contributed by atoms with Gasteiger partial charge in [0, 0.05) is 18.2 Å². The largest absolute Gasteiger partial charge is 0.457 e. The van der Waals surface area contributed by atoms with Crippen LogP contribution in [0, 0.1) is 12.8 Å². The normalized spacial score (nSPS) is 17.7. The fourth-order valence-corrected chi connectivity index (χ4v) is 3.45. The molecular weight excluding hydrogens is 412 g/mol. The van der Waals surface area contributed by atoms with Gasteiger partial charge in [-0.1, -0.05) is 17.3 Å². The number of rotatable bonds is 7. The predicted octanol–water partition coefficient (Wildman–Crippen LogP) is 2.49. The maximum Gasteiger partial charge on any atom is 0.319 e. The highest BCUT2D eigenvalue weighted by Crippen LogP contribution is 2.25. The average Bonchev–Trinajstić information content (AvgIpc) is 3.43. The van der Waals surface area contributed by atoms with Crippen molar-refractivity contribution >= 4 is 17.6 Å². The second-order valence-corrected chi connectivity index (χ2v) is 7.59. The summed E-state index contributed by atoms with van der Waals surface area (Å²) in [6.07, 6.45) is 1.50. The summed E-state index contributed by atoms with van der Waals surface area (Å²) in [6, 6.07) is 14.4. The number of carbonyl (C=O) groups excluding carboxylic acids is 2. The number of aryl methyl sites for hydroxylation is 1. The van der Waals surface area contributed by atoms with Crippen molar-refractivity contribution in [3.63, 3.8) is 0 Å². The third kappa shape index (κ3) is 5.22. The Morgan fingerprint density at radius 2 is 2.00 bits per heavy atom. The molecule has 1 fully saturated rings. The number of urea groups is 1. The lowest BCUT2D eigenvalue weighted by atomic mass is 10.0. The van der Waals surface area contributed by atoms with E-state index in [4.69, 9.17) is 15.2 Å². The van der Waals surface area contributed by atoms with E-state index < -0.39 is 5.91 Å². The van der Waals surface area contributed by atoms with Crippen LogP contribution in [0.25, 0.3) is 0 Å². The van der Waals surface area contributed by atoms with Crippen LogP contribution in [0.5, 0.6) is 11.5 Å². The molecule has 3 aromatic rings. The molecule has 166 valence electrons. The van der Waals surface area contributed by atoms with Gasteiger partial charge in [-0.15, -0.1) is 5.10 Å². The minimum atomic E-state index is -0.639. The van der Waals surface area contributed by atoms with Crippen LogP contribution in [-0.2, 0) is 4.74 Å². The minimum absolute atomic E-state index is 0.0201. The summed E-state index contributed by atoms with van der Waals surface area (Å²) in [7, 11) is 0. The van der Waals surface area contributed by atoms with Crippen LogP contribution in [0.1, 0.15) is 22.1 Å². The second kappa shape index (κ2) is 9.48. The van der Waals surface area contributed by atoms with Crippen LogP contribution < -0.4 is 21.1 Å². The molecule has 4 N–H and O–H groups in total. The van der Waals surface area contributed by atoms with Crippen LogP contribution in [0.15, 0.2) is 54.7 Å². The number of hydrogen-bond donors (Lipinski definition) is 3. The summed E-state index contributed by atoms with van der Waals surface area (Å²) in [5.74, 6) is 0.774. The molecule has 0 radical (unpaired) electrons. The van der Waals surface area contributed by atoms with Crippen LogP contribution >= 0.6 is 0 Å². The van der Waals surface area contributed by atoms with Crippen LogP contribution in [0.3, 0.4) is 0 Å². The molecule has 4 rings (SSSR count). The summed E-state index contributed by atoms with van der Waals surface area (Å²) in [4.78, 5) is 23.6. The molecule has 0 spiro atoms. The highest BCUT2D eigenvalue weighted by Gasteiger charge is 2.31. The molecule has 0 bridgehead atoms. The van der Waals surface area contributed by atoms with Gasteiger partial charge < -0.3 is 25.8 Å². The summed E-state index contributed by atoms with van der Waals surface area (Å²) < 4.78 is 12.9. The fourth-order valence-electron chi connectivity index (χ4n) is 3.45. The van der Waals surface area contributed by atoms with Crippen molar-refractivity contribution < 1.29 is 19.1 Å². The number of nitrogens with zero attached hydrogens (tertiary/aromatic N) is 3. The first-order chi connectivity index (χ1) is 15.5. The summed E-state index contributed by atoms with van der Waals surface area (Å²) in [5.41, 5.74) is 7.08. The van der Waals surface area contributed by atoms with E-state index in [1.165, 1.54) is 6.20 Å². The van der Waals surface area contributed by atoms with Crippen LogP contribution in [0.2, 0.25) is 0 Å². The number of ether oxygens (including phenoxy) is 2. The standard InChI is InChI=1S/C22H24N6O4/c1-14-3-2-4-18(9-14)32-17-7-5-16(6-8-17)25-22(30)24-10-15-12-31-13-20(15)28-11-19(21(23)29)26-27-28/h2-9,11,15,20H,10,12-13H2,1H3,(H2,23,29)(H2,24,25,30)/t15-,20-/m1/s1. The second-order valence-electron chi connectivity index (χ2n) is 7.59. The van der Waals surface area contributed by atoms with Crippen LogP contribution in [-0.4, -0.2) is 46.7 Å². The van der Waals surface area contributed by atoms with Crippen molar-refractivity contribution in [3.05, 3.63) is 66.0 Å². The monoisotopic (exact) mass is 436 g/mol. The van der Waals surface area contributed by atoms with E-state index in [0.29, 0.717) is 31.2 Å². The topological polar surface area (TPSA) is 133 Å². The molecule has 10 heteroatoms. The average molecular weight is 436 g/mol. The Kier molecular flexibility index (Phi) is 6.31. The first kappa shape index (κ1) is 21.3. The van der Waals surface area contributed by atoms with Gasteiger partial charge in [0.15, 0.2) is 5.69 Å².